The number of aromatic nitrogens is 1. The van der Waals surface area contributed by atoms with Crippen LogP contribution >= 0.6 is 23.1 Å². The van der Waals surface area contributed by atoms with Gasteiger partial charge in [0.15, 0.2) is 0 Å². The second-order valence-corrected chi connectivity index (χ2v) is 6.24. The molecule has 0 aliphatic carbocycles. The summed E-state index contributed by atoms with van der Waals surface area (Å²) in [6.45, 7) is 3.25. The van der Waals surface area contributed by atoms with Gasteiger partial charge >= 0.3 is 0 Å². The van der Waals surface area contributed by atoms with Gasteiger partial charge in [0.25, 0.3) is 0 Å². The minimum Gasteiger partial charge on any atom is -0.310 e. The SMILES string of the molecule is CCCNC(Cc1cncs1)c1ccccc1SC. The van der Waals surface area contributed by atoms with E-state index < -0.39 is 0 Å². The zero-order valence-electron chi connectivity index (χ0n) is 11.4. The van der Waals surface area contributed by atoms with Crippen molar-refractivity contribution in [2.24, 2.45) is 0 Å². The number of nitrogens with one attached hydrogen (secondary N) is 1. The lowest BCUT2D eigenvalue weighted by Crippen LogP contribution is -2.24. The first kappa shape index (κ1) is 14.6. The van der Waals surface area contributed by atoms with Crippen molar-refractivity contribution in [2.45, 2.75) is 30.7 Å². The van der Waals surface area contributed by atoms with Gasteiger partial charge in [-0.1, -0.05) is 25.1 Å². The Labute approximate surface area is 123 Å². The van der Waals surface area contributed by atoms with Gasteiger partial charge in [0.2, 0.25) is 0 Å². The smallest absolute Gasteiger partial charge is 0.0794 e. The highest BCUT2D eigenvalue weighted by atomic mass is 32.2. The van der Waals surface area contributed by atoms with Crippen molar-refractivity contribution in [3.63, 3.8) is 0 Å². The Morgan fingerprint density at radius 2 is 2.21 bits per heavy atom. The molecule has 1 N–H and O–H groups in total. The Balaban J connectivity index is 2.20. The van der Waals surface area contributed by atoms with Crippen LogP contribution < -0.4 is 5.32 Å². The molecule has 0 amide bonds. The fourth-order valence-electron chi connectivity index (χ4n) is 2.11. The Hall–Kier alpha value is -0.840. The highest BCUT2D eigenvalue weighted by Gasteiger charge is 2.15. The maximum Gasteiger partial charge on any atom is 0.0794 e. The first-order valence-electron chi connectivity index (χ1n) is 6.58. The molecule has 0 spiro atoms. The third-order valence-electron chi connectivity index (χ3n) is 3.04. The molecule has 1 aromatic carbocycles. The van der Waals surface area contributed by atoms with Crippen LogP contribution in [0.3, 0.4) is 0 Å². The molecule has 19 heavy (non-hydrogen) atoms. The Bertz CT molecular complexity index is 483. The van der Waals surface area contributed by atoms with Crippen molar-refractivity contribution < 1.29 is 0 Å². The molecule has 0 saturated heterocycles. The summed E-state index contributed by atoms with van der Waals surface area (Å²) in [5.41, 5.74) is 3.31. The first-order chi connectivity index (χ1) is 9.35. The molecule has 1 atom stereocenters. The van der Waals surface area contributed by atoms with E-state index in [1.165, 1.54) is 15.3 Å². The summed E-state index contributed by atoms with van der Waals surface area (Å²) in [4.78, 5) is 6.88. The molecule has 2 aromatic rings. The molecule has 1 aromatic heterocycles. The molecular formula is C15H20N2S2. The lowest BCUT2D eigenvalue weighted by molar-refractivity contribution is 0.525. The van der Waals surface area contributed by atoms with Crippen molar-refractivity contribution in [3.8, 4) is 0 Å². The third-order valence-corrected chi connectivity index (χ3v) is 4.66. The van der Waals surface area contributed by atoms with E-state index in [0.29, 0.717) is 6.04 Å². The Kier molecular flexibility index (Phi) is 5.89. The average Bonchev–Trinajstić information content (AvgIpc) is 2.96. The van der Waals surface area contributed by atoms with E-state index in [1.54, 1.807) is 11.3 Å². The van der Waals surface area contributed by atoms with Crippen LogP contribution in [-0.2, 0) is 6.42 Å². The number of thiazole rings is 1. The number of rotatable bonds is 7. The summed E-state index contributed by atoms with van der Waals surface area (Å²) in [6, 6.07) is 9.05. The van der Waals surface area contributed by atoms with Crippen molar-refractivity contribution in [1.29, 1.82) is 0 Å². The number of hydrogen-bond donors (Lipinski definition) is 1. The molecule has 0 saturated carbocycles. The van der Waals surface area contributed by atoms with Gasteiger partial charge in [-0.2, -0.15) is 0 Å². The van der Waals surface area contributed by atoms with Crippen molar-refractivity contribution in [3.05, 3.63) is 46.4 Å². The summed E-state index contributed by atoms with van der Waals surface area (Å²) in [6.07, 6.45) is 6.29. The minimum atomic E-state index is 0.379. The summed E-state index contributed by atoms with van der Waals surface area (Å²) in [5.74, 6) is 0. The van der Waals surface area contributed by atoms with Crippen molar-refractivity contribution >= 4 is 23.1 Å². The molecule has 0 fully saturated rings. The predicted molar refractivity (Wildman–Crippen MR) is 85.1 cm³/mol. The van der Waals surface area contributed by atoms with Gasteiger partial charge in [-0.3, -0.25) is 4.98 Å². The van der Waals surface area contributed by atoms with Crippen LogP contribution in [0.4, 0.5) is 0 Å². The van der Waals surface area contributed by atoms with Gasteiger partial charge in [0, 0.05) is 28.4 Å². The zero-order chi connectivity index (χ0) is 13.5. The highest BCUT2D eigenvalue weighted by Crippen LogP contribution is 2.28. The van der Waals surface area contributed by atoms with Crippen LogP contribution in [0.15, 0.2) is 40.9 Å². The first-order valence-corrected chi connectivity index (χ1v) is 8.69. The van der Waals surface area contributed by atoms with Gasteiger partial charge in [-0.25, -0.2) is 0 Å². The van der Waals surface area contributed by atoms with Crippen LogP contribution in [-0.4, -0.2) is 17.8 Å². The summed E-state index contributed by atoms with van der Waals surface area (Å²) in [7, 11) is 0. The predicted octanol–water partition coefficient (Wildman–Crippen LogP) is 4.15. The van der Waals surface area contributed by atoms with Gasteiger partial charge in [0.1, 0.15) is 0 Å². The van der Waals surface area contributed by atoms with Crippen LogP contribution in [0.2, 0.25) is 0 Å². The van der Waals surface area contributed by atoms with Gasteiger partial charge in [-0.05, 0) is 30.9 Å². The molecule has 2 nitrogen and oxygen atoms in total. The van der Waals surface area contributed by atoms with Crippen molar-refractivity contribution in [1.82, 2.24) is 10.3 Å². The molecule has 2 rings (SSSR count). The normalized spacial score (nSPS) is 12.5. The molecule has 0 radical (unpaired) electrons. The molecule has 4 heteroatoms. The van der Waals surface area contributed by atoms with E-state index in [2.05, 4.69) is 47.7 Å². The van der Waals surface area contributed by atoms with E-state index in [0.717, 1.165) is 19.4 Å². The van der Waals surface area contributed by atoms with Gasteiger partial charge < -0.3 is 5.32 Å². The molecule has 0 bridgehead atoms. The van der Waals surface area contributed by atoms with E-state index >= 15 is 0 Å². The highest BCUT2D eigenvalue weighted by molar-refractivity contribution is 7.98. The monoisotopic (exact) mass is 292 g/mol. The number of thioether (sulfide) groups is 1. The second kappa shape index (κ2) is 7.68. The second-order valence-electron chi connectivity index (χ2n) is 4.42. The Morgan fingerprint density at radius 1 is 1.37 bits per heavy atom. The summed E-state index contributed by atoms with van der Waals surface area (Å²) in [5, 5.41) is 3.66. The molecule has 0 aliphatic rings. The van der Waals surface area contributed by atoms with Crippen LogP contribution in [0.1, 0.15) is 29.8 Å². The van der Waals surface area contributed by atoms with Gasteiger partial charge in [-0.15, -0.1) is 23.1 Å². The fraction of sp³-hybridized carbons (Fsp3) is 0.400. The van der Waals surface area contributed by atoms with Crippen LogP contribution in [0, 0.1) is 0 Å². The maximum atomic E-state index is 4.18. The minimum absolute atomic E-state index is 0.379. The zero-order valence-corrected chi connectivity index (χ0v) is 13.1. The lowest BCUT2D eigenvalue weighted by Gasteiger charge is -2.20. The van der Waals surface area contributed by atoms with Crippen LogP contribution in [0.25, 0.3) is 0 Å². The van der Waals surface area contributed by atoms with E-state index in [4.69, 9.17) is 0 Å². The topological polar surface area (TPSA) is 24.9 Å². The molecule has 102 valence electrons. The van der Waals surface area contributed by atoms with E-state index in [9.17, 15) is 0 Å². The maximum absolute atomic E-state index is 4.18. The third kappa shape index (κ3) is 4.06. The lowest BCUT2D eigenvalue weighted by atomic mass is 10.0. The number of nitrogens with zero attached hydrogens (tertiary/aromatic N) is 1. The largest absolute Gasteiger partial charge is 0.310 e. The summed E-state index contributed by atoms with van der Waals surface area (Å²) >= 11 is 3.55. The van der Waals surface area contributed by atoms with E-state index in [-0.39, 0.29) is 0 Å². The number of hydrogen-bond acceptors (Lipinski definition) is 4. The quantitative estimate of drug-likeness (QED) is 0.776. The Morgan fingerprint density at radius 3 is 2.89 bits per heavy atom. The number of benzene rings is 1. The molecule has 1 heterocycles. The fourth-order valence-corrected chi connectivity index (χ4v) is 3.41. The van der Waals surface area contributed by atoms with E-state index in [1.807, 2.05) is 23.5 Å². The summed E-state index contributed by atoms with van der Waals surface area (Å²) < 4.78 is 0. The average molecular weight is 292 g/mol. The van der Waals surface area contributed by atoms with Crippen molar-refractivity contribution in [2.75, 3.05) is 12.8 Å². The van der Waals surface area contributed by atoms with Gasteiger partial charge in [0.05, 0.1) is 5.51 Å². The molecule has 0 aliphatic heterocycles. The molecular weight excluding hydrogens is 272 g/mol. The molecule has 1 unspecified atom stereocenters. The van der Waals surface area contributed by atoms with Crippen LogP contribution in [0.5, 0.6) is 0 Å². The standard InChI is InChI=1S/C15H20N2S2/c1-3-8-17-14(9-12-10-16-11-19-12)13-6-4-5-7-15(13)18-2/h4-7,10-11,14,17H,3,8-9H2,1-2H3.